The van der Waals surface area contributed by atoms with E-state index in [1.807, 2.05) is 0 Å². The Morgan fingerprint density at radius 2 is 1.57 bits per heavy atom. The number of amides is 6. The highest BCUT2D eigenvalue weighted by Gasteiger charge is 2.46. The van der Waals surface area contributed by atoms with Crippen molar-refractivity contribution in [2.24, 2.45) is 0 Å². The molecule has 68 heavy (non-hydrogen) atoms. The first kappa shape index (κ1) is 48.9. The van der Waals surface area contributed by atoms with E-state index in [0.29, 0.717) is 36.9 Å². The molecule has 0 fully saturated rings. The first-order chi connectivity index (χ1) is 32.2. The topological polar surface area (TPSA) is 295 Å². The molecule has 2 aromatic heterocycles. The van der Waals surface area contributed by atoms with Crippen LogP contribution in [0.15, 0.2) is 35.1 Å². The van der Waals surface area contributed by atoms with E-state index in [9.17, 15) is 57.4 Å². The molecule has 3 aromatic rings. The van der Waals surface area contributed by atoms with E-state index < -0.39 is 90.7 Å². The summed E-state index contributed by atoms with van der Waals surface area (Å²) in [5.74, 6) is -4.88. The maximum absolute atomic E-state index is 14.1. The molecule has 24 heteroatoms. The fourth-order valence-corrected chi connectivity index (χ4v) is 8.14. The maximum atomic E-state index is 14.1. The van der Waals surface area contributed by atoms with Gasteiger partial charge < -0.3 is 65.2 Å². The van der Waals surface area contributed by atoms with Gasteiger partial charge in [-0.1, -0.05) is 13.3 Å². The molecule has 1 unspecified atom stereocenters. The number of hydrogen-bond donors (Lipinski definition) is 7. The van der Waals surface area contributed by atoms with Crippen LogP contribution in [0.5, 0.6) is 11.5 Å². The van der Waals surface area contributed by atoms with Crippen molar-refractivity contribution in [3.05, 3.63) is 63.0 Å². The Morgan fingerprint density at radius 3 is 2.25 bits per heavy atom. The SMILES string of the molecule is CC[C@@]1(O)C(=O)OCc2c1cc1n(c2=O)Cc2c-1nc1cc3c(cc1c2CNC(=O)COCNC(=O)[C@H](C)NC(=O)[C@H](C)NC(=O)[C@H](C)NC(=O)CCCCCN1C(=O)C=CC1O)OC(F)(F)O3. The number of aromatic nitrogens is 2. The number of hydrogen-bond acceptors (Lipinski definition) is 15. The number of cyclic esters (lactones) is 1. The highest BCUT2D eigenvalue weighted by atomic mass is 19.3. The van der Waals surface area contributed by atoms with Gasteiger partial charge in [0.2, 0.25) is 35.4 Å². The van der Waals surface area contributed by atoms with Gasteiger partial charge >= 0.3 is 12.3 Å². The van der Waals surface area contributed by atoms with E-state index in [-0.39, 0.29) is 83.4 Å². The molecule has 1 aromatic carbocycles. The molecule has 5 atom stereocenters. The summed E-state index contributed by atoms with van der Waals surface area (Å²) >= 11 is 0. The highest BCUT2D eigenvalue weighted by Crippen LogP contribution is 2.46. The predicted octanol–water partition coefficient (Wildman–Crippen LogP) is -0.101. The number of carbonyl (C=O) groups is 7. The van der Waals surface area contributed by atoms with Gasteiger partial charge in [0, 0.05) is 48.2 Å². The number of pyridine rings is 2. The second-order valence-electron chi connectivity index (χ2n) is 16.7. The van der Waals surface area contributed by atoms with Gasteiger partial charge in [0.15, 0.2) is 17.1 Å². The Kier molecular flexibility index (Phi) is 14.1. The number of nitrogens with one attached hydrogen (secondary N) is 5. The number of fused-ring (bicyclic) bond motifs is 6. The summed E-state index contributed by atoms with van der Waals surface area (Å²) in [5.41, 5.74) is -1.09. The lowest BCUT2D eigenvalue weighted by atomic mass is 9.86. The largest absolute Gasteiger partial charge is 0.586 e. The second-order valence-corrected chi connectivity index (χ2v) is 16.7. The molecule has 4 aliphatic heterocycles. The van der Waals surface area contributed by atoms with Crippen LogP contribution in [0.4, 0.5) is 8.78 Å². The van der Waals surface area contributed by atoms with Crippen molar-refractivity contribution >= 4 is 52.3 Å². The summed E-state index contributed by atoms with van der Waals surface area (Å²) in [6, 6.07) is 0.798. The van der Waals surface area contributed by atoms with Gasteiger partial charge in [-0.25, -0.2) is 9.78 Å². The average molecular weight is 953 g/mol. The van der Waals surface area contributed by atoms with E-state index >= 15 is 0 Å². The minimum Gasteiger partial charge on any atom is -0.458 e. The maximum Gasteiger partial charge on any atom is 0.586 e. The van der Waals surface area contributed by atoms with Crippen LogP contribution >= 0.6 is 0 Å². The Hall–Kier alpha value is -7.05. The van der Waals surface area contributed by atoms with Crippen LogP contribution in [0, 0.1) is 0 Å². The van der Waals surface area contributed by atoms with Crippen LogP contribution in [0.1, 0.15) is 82.1 Å². The fraction of sp³-hybridized carbons (Fsp3) is 0.477. The van der Waals surface area contributed by atoms with Gasteiger partial charge in [-0.2, -0.15) is 0 Å². The summed E-state index contributed by atoms with van der Waals surface area (Å²) in [5, 5.41) is 33.9. The zero-order valence-corrected chi connectivity index (χ0v) is 37.4. The number of aliphatic hydroxyl groups excluding tert-OH is 1. The average Bonchev–Trinajstić information content (AvgIpc) is 3.93. The van der Waals surface area contributed by atoms with Gasteiger partial charge in [0.1, 0.15) is 44.3 Å². The molecule has 6 heterocycles. The van der Waals surface area contributed by atoms with Crippen molar-refractivity contribution in [3.63, 3.8) is 0 Å². The first-order valence-electron chi connectivity index (χ1n) is 21.8. The molecular weight excluding hydrogens is 903 g/mol. The van der Waals surface area contributed by atoms with Crippen molar-refractivity contribution in [1.82, 2.24) is 41.0 Å². The van der Waals surface area contributed by atoms with E-state index in [1.165, 1.54) is 60.6 Å². The normalized spacial score (nSPS) is 19.6. The molecule has 0 spiro atoms. The van der Waals surface area contributed by atoms with Gasteiger partial charge in [-0.05, 0) is 63.8 Å². The zero-order chi connectivity index (χ0) is 49.2. The third kappa shape index (κ3) is 10.1. The van der Waals surface area contributed by atoms with E-state index in [1.54, 1.807) is 6.92 Å². The lowest BCUT2D eigenvalue weighted by Gasteiger charge is -2.31. The minimum absolute atomic E-state index is 0.0618. The Labute approximate surface area is 385 Å². The molecule has 0 radical (unpaired) electrons. The van der Waals surface area contributed by atoms with Crippen LogP contribution in [0.3, 0.4) is 0 Å². The number of ether oxygens (including phenoxy) is 4. The molecular formula is C44H50F2N8O14. The van der Waals surface area contributed by atoms with Crippen LogP contribution in [0.2, 0.25) is 0 Å². The highest BCUT2D eigenvalue weighted by molar-refractivity contribution is 5.94. The summed E-state index contributed by atoms with van der Waals surface area (Å²) in [6.45, 7) is 4.41. The number of unbranched alkanes of at least 4 members (excludes halogenated alkanes) is 2. The molecule has 7 N–H and O–H groups in total. The number of halogens is 2. The lowest BCUT2D eigenvalue weighted by molar-refractivity contribution is -0.286. The number of aliphatic hydroxyl groups is 2. The van der Waals surface area contributed by atoms with Crippen molar-refractivity contribution < 1.29 is 71.5 Å². The number of esters is 1. The molecule has 0 saturated heterocycles. The summed E-state index contributed by atoms with van der Waals surface area (Å²) in [6.07, 6.45) is -0.521. The van der Waals surface area contributed by atoms with Gasteiger partial charge in [-0.15, -0.1) is 8.78 Å². The van der Waals surface area contributed by atoms with Crippen molar-refractivity contribution in [3.8, 4) is 22.9 Å². The minimum atomic E-state index is -3.95. The van der Waals surface area contributed by atoms with Crippen LogP contribution < -0.4 is 41.6 Å². The summed E-state index contributed by atoms with van der Waals surface area (Å²) in [7, 11) is 0. The lowest BCUT2D eigenvalue weighted by Crippen LogP contribution is -2.54. The fourth-order valence-electron chi connectivity index (χ4n) is 8.14. The Balaban J connectivity index is 0.885. The number of carbonyl (C=O) groups excluding carboxylic acids is 7. The number of benzene rings is 1. The number of alkyl halides is 2. The van der Waals surface area contributed by atoms with E-state index in [4.69, 9.17) is 9.47 Å². The summed E-state index contributed by atoms with van der Waals surface area (Å²) in [4.78, 5) is 108. The van der Waals surface area contributed by atoms with Crippen molar-refractivity contribution in [2.45, 2.75) is 116 Å². The Bertz CT molecular complexity index is 2680. The van der Waals surface area contributed by atoms with E-state index in [0.717, 1.165) is 0 Å². The third-order valence-corrected chi connectivity index (χ3v) is 12.0. The molecule has 364 valence electrons. The molecule has 22 nitrogen and oxygen atoms in total. The van der Waals surface area contributed by atoms with Crippen molar-refractivity contribution in [2.75, 3.05) is 19.9 Å². The molecule has 0 saturated carbocycles. The van der Waals surface area contributed by atoms with E-state index in [2.05, 4.69) is 41.0 Å². The van der Waals surface area contributed by atoms with Crippen LogP contribution in [-0.2, 0) is 68.3 Å². The monoisotopic (exact) mass is 952 g/mol. The number of rotatable bonds is 19. The van der Waals surface area contributed by atoms with Gasteiger partial charge in [-0.3, -0.25) is 33.6 Å². The zero-order valence-electron chi connectivity index (χ0n) is 37.4. The van der Waals surface area contributed by atoms with Crippen LogP contribution in [-0.4, -0.2) is 117 Å². The van der Waals surface area contributed by atoms with Crippen molar-refractivity contribution in [1.29, 1.82) is 0 Å². The smallest absolute Gasteiger partial charge is 0.458 e. The van der Waals surface area contributed by atoms with Crippen LogP contribution in [0.25, 0.3) is 22.3 Å². The molecule has 4 aliphatic rings. The summed E-state index contributed by atoms with van der Waals surface area (Å²) < 4.78 is 49.4. The third-order valence-electron chi connectivity index (χ3n) is 12.0. The first-order valence-corrected chi connectivity index (χ1v) is 21.8. The quantitative estimate of drug-likeness (QED) is 0.0367. The molecule has 7 rings (SSSR count). The number of nitrogens with zero attached hydrogens (tertiary/aromatic N) is 3. The predicted molar refractivity (Wildman–Crippen MR) is 230 cm³/mol. The molecule has 6 amide bonds. The van der Waals surface area contributed by atoms with Gasteiger partial charge in [0.25, 0.3) is 5.56 Å². The Morgan fingerprint density at radius 1 is 0.897 bits per heavy atom. The van der Waals surface area contributed by atoms with Gasteiger partial charge in [0.05, 0.1) is 29.0 Å². The second kappa shape index (κ2) is 19.7. The standard InChI is InChI=1S/C44H50F2N8O14/c1-5-43(64)28-14-30-37-26(17-54(30)41(62)27(28)18-66-42(43)63)25(24-13-31-32(15-29(24)52-37)68-44(45,46)67-31)16-47-34(56)19-65-20-48-38(59)21(2)50-40(61)23(4)51-39(60)22(3)49-33(55)9-7-6-8-12-53-35(57)10-11-36(53)58/h10-11,13-15,21-23,35,57,64H,5-9,12,16-20H2,1-4H3,(H,47,56)(H,48,59)(H,49,55)(H,50,61)(H,51,60)/t21-,22-,23-,35?,43-/m0/s1. The molecule has 0 bridgehead atoms. The molecule has 0 aliphatic carbocycles.